The summed E-state index contributed by atoms with van der Waals surface area (Å²) in [5.41, 5.74) is 3.76. The normalized spacial score (nSPS) is 14.8. The van der Waals surface area contributed by atoms with E-state index in [1.54, 1.807) is 0 Å². The molecule has 29 heavy (non-hydrogen) atoms. The third-order valence-electron chi connectivity index (χ3n) is 5.75. The van der Waals surface area contributed by atoms with Gasteiger partial charge >= 0.3 is 0 Å². The molecular weight excluding hydrogens is 356 g/mol. The number of rotatable bonds is 6. The van der Waals surface area contributed by atoms with E-state index in [1.807, 2.05) is 0 Å². The number of piperidine rings is 1. The van der Waals surface area contributed by atoms with Crippen molar-refractivity contribution in [1.29, 1.82) is 0 Å². The fourth-order valence-electron chi connectivity index (χ4n) is 4.10. The number of anilines is 2. The topological polar surface area (TPSA) is 32.3 Å². The van der Waals surface area contributed by atoms with E-state index < -0.39 is 0 Å². The molecule has 0 N–H and O–H groups in total. The third kappa shape index (κ3) is 5.14. The zero-order valence-electron chi connectivity index (χ0n) is 17.5. The van der Waals surface area contributed by atoms with Gasteiger partial charge in [0.25, 0.3) is 0 Å². The van der Waals surface area contributed by atoms with Crippen LogP contribution in [0.15, 0.2) is 66.7 Å². The average molecular weight is 387 g/mol. The predicted molar refractivity (Wildman–Crippen MR) is 120 cm³/mol. The van der Waals surface area contributed by atoms with E-state index in [4.69, 9.17) is 9.97 Å². The smallest absolute Gasteiger partial charge is 0.227 e. The van der Waals surface area contributed by atoms with Gasteiger partial charge in [0, 0.05) is 38.4 Å². The van der Waals surface area contributed by atoms with Crippen LogP contribution in [0.25, 0.3) is 0 Å². The van der Waals surface area contributed by atoms with Crippen LogP contribution in [0.5, 0.6) is 0 Å². The van der Waals surface area contributed by atoms with Crippen LogP contribution in [0.1, 0.15) is 29.7 Å². The van der Waals surface area contributed by atoms with E-state index in [2.05, 4.69) is 90.5 Å². The fraction of sp³-hybridized carbons (Fsp3) is 0.360. The van der Waals surface area contributed by atoms with E-state index in [0.29, 0.717) is 0 Å². The highest BCUT2D eigenvalue weighted by atomic mass is 15.3. The minimum Gasteiger partial charge on any atom is -0.355 e. The van der Waals surface area contributed by atoms with Gasteiger partial charge in [-0.15, -0.1) is 0 Å². The maximum atomic E-state index is 4.90. The van der Waals surface area contributed by atoms with Crippen molar-refractivity contribution in [2.45, 2.75) is 32.7 Å². The molecule has 1 saturated heterocycles. The van der Waals surface area contributed by atoms with Gasteiger partial charge in [0.15, 0.2) is 0 Å². The summed E-state index contributed by atoms with van der Waals surface area (Å²) in [6.07, 6.45) is 3.57. The summed E-state index contributed by atoms with van der Waals surface area (Å²) in [4.78, 5) is 14.2. The van der Waals surface area contributed by atoms with Crippen molar-refractivity contribution in [3.63, 3.8) is 0 Å². The highest BCUT2D eigenvalue weighted by Crippen LogP contribution is 2.25. The zero-order chi connectivity index (χ0) is 20.1. The zero-order valence-corrected chi connectivity index (χ0v) is 17.5. The van der Waals surface area contributed by atoms with Crippen LogP contribution in [0.3, 0.4) is 0 Å². The van der Waals surface area contributed by atoms with Crippen molar-refractivity contribution in [1.82, 2.24) is 9.97 Å². The van der Waals surface area contributed by atoms with Crippen LogP contribution in [0.4, 0.5) is 11.8 Å². The Morgan fingerprint density at radius 1 is 0.897 bits per heavy atom. The summed E-state index contributed by atoms with van der Waals surface area (Å²) >= 11 is 0. The van der Waals surface area contributed by atoms with Crippen molar-refractivity contribution in [3.8, 4) is 0 Å². The number of hydrogen-bond donors (Lipinski definition) is 0. The Kier molecular flexibility index (Phi) is 6.09. The molecule has 0 saturated carbocycles. The number of hydrogen-bond acceptors (Lipinski definition) is 4. The summed E-state index contributed by atoms with van der Waals surface area (Å²) in [5.74, 6) is 2.61. The summed E-state index contributed by atoms with van der Waals surface area (Å²) < 4.78 is 0. The van der Waals surface area contributed by atoms with Gasteiger partial charge in [0.2, 0.25) is 5.95 Å². The minimum absolute atomic E-state index is 0.749. The number of aromatic nitrogens is 2. The molecule has 0 aliphatic carbocycles. The first kappa shape index (κ1) is 19.4. The van der Waals surface area contributed by atoms with Crippen LogP contribution >= 0.6 is 0 Å². The Morgan fingerprint density at radius 2 is 1.52 bits per heavy atom. The first-order valence-electron chi connectivity index (χ1n) is 10.6. The Balaban J connectivity index is 1.40. The fourth-order valence-corrected chi connectivity index (χ4v) is 4.10. The predicted octanol–water partition coefficient (Wildman–Crippen LogP) is 4.88. The van der Waals surface area contributed by atoms with Gasteiger partial charge in [-0.1, -0.05) is 60.7 Å². The molecular formula is C25H30N4. The molecule has 0 spiro atoms. The molecule has 1 aliphatic heterocycles. The van der Waals surface area contributed by atoms with Crippen LogP contribution < -0.4 is 9.80 Å². The SMILES string of the molecule is Cc1cc(N(C)Cc2ccccc2)nc(N2CCC(Cc3ccccc3)CC2)n1. The lowest BCUT2D eigenvalue weighted by Crippen LogP contribution is -2.36. The molecule has 1 fully saturated rings. The van der Waals surface area contributed by atoms with Crippen molar-refractivity contribution in [2.24, 2.45) is 5.92 Å². The van der Waals surface area contributed by atoms with Gasteiger partial charge in [0.1, 0.15) is 5.82 Å². The van der Waals surface area contributed by atoms with Gasteiger partial charge < -0.3 is 9.80 Å². The Labute approximate surface area is 174 Å². The molecule has 0 radical (unpaired) electrons. The molecule has 150 valence electrons. The minimum atomic E-state index is 0.749. The van der Waals surface area contributed by atoms with E-state index in [0.717, 1.165) is 43.0 Å². The highest BCUT2D eigenvalue weighted by molar-refractivity contribution is 5.46. The molecule has 0 atom stereocenters. The molecule has 0 bridgehead atoms. The number of aryl methyl sites for hydroxylation is 1. The van der Waals surface area contributed by atoms with Crippen molar-refractivity contribution in [2.75, 3.05) is 29.9 Å². The maximum absolute atomic E-state index is 4.90. The van der Waals surface area contributed by atoms with Gasteiger partial charge in [-0.05, 0) is 43.2 Å². The van der Waals surface area contributed by atoms with E-state index in [9.17, 15) is 0 Å². The van der Waals surface area contributed by atoms with Gasteiger partial charge in [-0.2, -0.15) is 4.98 Å². The van der Waals surface area contributed by atoms with Crippen molar-refractivity contribution >= 4 is 11.8 Å². The molecule has 2 aromatic carbocycles. The summed E-state index contributed by atoms with van der Waals surface area (Å²) in [5, 5.41) is 0. The lowest BCUT2D eigenvalue weighted by atomic mass is 9.90. The number of nitrogens with zero attached hydrogens (tertiary/aromatic N) is 4. The first-order chi connectivity index (χ1) is 14.2. The lowest BCUT2D eigenvalue weighted by Gasteiger charge is -2.32. The van der Waals surface area contributed by atoms with Crippen molar-refractivity contribution in [3.05, 3.63) is 83.6 Å². The first-order valence-corrected chi connectivity index (χ1v) is 10.6. The van der Waals surface area contributed by atoms with Gasteiger partial charge in [-0.25, -0.2) is 4.98 Å². The maximum Gasteiger partial charge on any atom is 0.227 e. The molecule has 4 nitrogen and oxygen atoms in total. The summed E-state index contributed by atoms with van der Waals surface area (Å²) in [7, 11) is 2.10. The second kappa shape index (κ2) is 9.08. The average Bonchev–Trinajstić information content (AvgIpc) is 2.75. The van der Waals surface area contributed by atoms with Crippen LogP contribution in [0.2, 0.25) is 0 Å². The summed E-state index contributed by atoms with van der Waals surface area (Å²) in [6.45, 7) is 4.97. The number of benzene rings is 2. The lowest BCUT2D eigenvalue weighted by molar-refractivity contribution is 0.400. The second-order valence-corrected chi connectivity index (χ2v) is 8.13. The Bertz CT molecular complexity index is 903. The molecule has 4 rings (SSSR count). The van der Waals surface area contributed by atoms with Crippen LogP contribution in [-0.2, 0) is 13.0 Å². The third-order valence-corrected chi connectivity index (χ3v) is 5.75. The van der Waals surface area contributed by atoms with Crippen LogP contribution in [0, 0.1) is 12.8 Å². The highest BCUT2D eigenvalue weighted by Gasteiger charge is 2.22. The van der Waals surface area contributed by atoms with Gasteiger partial charge in [0.05, 0.1) is 0 Å². The second-order valence-electron chi connectivity index (χ2n) is 8.13. The molecule has 0 amide bonds. The van der Waals surface area contributed by atoms with Crippen molar-refractivity contribution < 1.29 is 0 Å². The molecule has 4 heteroatoms. The molecule has 1 aromatic heterocycles. The van der Waals surface area contributed by atoms with Crippen LogP contribution in [-0.4, -0.2) is 30.1 Å². The standard InChI is InChI=1S/C25H30N4/c1-20-17-24(28(2)19-23-11-7-4-8-12-23)27-25(26-20)29-15-13-22(14-16-29)18-21-9-5-3-6-10-21/h3-12,17,22H,13-16,18-19H2,1-2H3. The quantitative estimate of drug-likeness (QED) is 0.604. The molecule has 2 heterocycles. The van der Waals surface area contributed by atoms with Gasteiger partial charge in [-0.3, -0.25) is 0 Å². The Morgan fingerprint density at radius 3 is 2.17 bits per heavy atom. The van der Waals surface area contributed by atoms with E-state index in [-0.39, 0.29) is 0 Å². The molecule has 1 aliphatic rings. The molecule has 0 unspecified atom stereocenters. The molecule has 3 aromatic rings. The van der Waals surface area contributed by atoms with E-state index >= 15 is 0 Å². The monoisotopic (exact) mass is 386 g/mol. The largest absolute Gasteiger partial charge is 0.355 e. The van der Waals surface area contributed by atoms with E-state index in [1.165, 1.54) is 30.4 Å². The Hall–Kier alpha value is -2.88. The summed E-state index contributed by atoms with van der Waals surface area (Å²) in [6, 6.07) is 23.5.